The highest BCUT2D eigenvalue weighted by atomic mass is 32.2. The van der Waals surface area contributed by atoms with E-state index < -0.39 is 0 Å². The average molecular weight is 286 g/mol. The molecule has 19 heavy (non-hydrogen) atoms. The molecule has 0 aromatic heterocycles. The van der Waals surface area contributed by atoms with Crippen LogP contribution in [0.2, 0.25) is 0 Å². The molecule has 3 unspecified atom stereocenters. The highest BCUT2D eigenvalue weighted by molar-refractivity contribution is 7.98. The molecule has 1 N–H and O–H groups in total. The molecule has 0 radical (unpaired) electrons. The molecule has 0 aromatic rings. The van der Waals surface area contributed by atoms with Gasteiger partial charge in [0.2, 0.25) is 11.8 Å². The molecule has 1 aliphatic heterocycles. The van der Waals surface area contributed by atoms with Crippen LogP contribution in [-0.2, 0) is 9.59 Å². The first-order valence-electron chi connectivity index (χ1n) is 7.16. The summed E-state index contributed by atoms with van der Waals surface area (Å²) < 4.78 is 0. The molecular formula is C14H26N2O2S. The summed E-state index contributed by atoms with van der Waals surface area (Å²) in [7, 11) is 0. The summed E-state index contributed by atoms with van der Waals surface area (Å²) in [5, 5.41) is 2.90. The minimum absolute atomic E-state index is 0.0107. The molecule has 0 bridgehead atoms. The minimum Gasteiger partial charge on any atom is -0.342 e. The lowest BCUT2D eigenvalue weighted by atomic mass is 9.93. The van der Waals surface area contributed by atoms with Gasteiger partial charge in [-0.2, -0.15) is 11.8 Å². The van der Waals surface area contributed by atoms with Crippen LogP contribution in [0, 0.1) is 5.92 Å². The molecule has 1 rings (SSSR count). The average Bonchev–Trinajstić information content (AvgIpc) is 2.41. The van der Waals surface area contributed by atoms with Crippen LogP contribution in [0.25, 0.3) is 0 Å². The molecule has 0 aliphatic carbocycles. The number of amides is 2. The largest absolute Gasteiger partial charge is 0.342 e. The lowest BCUT2D eigenvalue weighted by Crippen LogP contribution is -2.64. The first-order chi connectivity index (χ1) is 9.06. The molecule has 1 aliphatic rings. The monoisotopic (exact) mass is 286 g/mol. The predicted molar refractivity (Wildman–Crippen MR) is 80.2 cm³/mol. The molecule has 1 fully saturated rings. The maximum absolute atomic E-state index is 12.5. The van der Waals surface area contributed by atoms with Gasteiger partial charge in [-0.3, -0.25) is 9.59 Å². The second-order valence-electron chi connectivity index (χ2n) is 5.17. The zero-order valence-electron chi connectivity index (χ0n) is 12.4. The second-order valence-corrected chi connectivity index (χ2v) is 6.16. The summed E-state index contributed by atoms with van der Waals surface area (Å²) in [6.07, 6.45) is 4.59. The first kappa shape index (κ1) is 16.3. The molecule has 1 heterocycles. The van der Waals surface area contributed by atoms with Gasteiger partial charge < -0.3 is 10.2 Å². The molecule has 4 nitrogen and oxygen atoms in total. The van der Waals surface area contributed by atoms with Crippen molar-refractivity contribution in [3.8, 4) is 0 Å². The SMILES string of the molecule is CCC(C)C1NC(=O)C(CC)N(CCCSC)C1=O. The Labute approximate surface area is 120 Å². The fourth-order valence-electron chi connectivity index (χ4n) is 2.46. The van der Waals surface area contributed by atoms with Crippen molar-refractivity contribution in [2.45, 2.75) is 52.1 Å². The summed E-state index contributed by atoms with van der Waals surface area (Å²) in [6, 6.07) is -0.621. The van der Waals surface area contributed by atoms with Gasteiger partial charge in [0.25, 0.3) is 0 Å². The van der Waals surface area contributed by atoms with Crippen LogP contribution in [0.3, 0.4) is 0 Å². The Morgan fingerprint density at radius 2 is 2.05 bits per heavy atom. The maximum atomic E-state index is 12.5. The van der Waals surface area contributed by atoms with Gasteiger partial charge in [-0.1, -0.05) is 27.2 Å². The number of carbonyl (C=O) groups excluding carboxylic acids is 2. The van der Waals surface area contributed by atoms with Crippen molar-refractivity contribution in [2.75, 3.05) is 18.6 Å². The minimum atomic E-state index is -0.338. The summed E-state index contributed by atoms with van der Waals surface area (Å²) >= 11 is 1.77. The second kappa shape index (κ2) is 7.78. The Morgan fingerprint density at radius 1 is 1.37 bits per heavy atom. The molecule has 0 aromatic carbocycles. The van der Waals surface area contributed by atoms with Crippen LogP contribution in [0.15, 0.2) is 0 Å². The number of nitrogens with zero attached hydrogens (tertiary/aromatic N) is 1. The smallest absolute Gasteiger partial charge is 0.246 e. The van der Waals surface area contributed by atoms with Crippen molar-refractivity contribution in [3.05, 3.63) is 0 Å². The number of hydrogen-bond donors (Lipinski definition) is 1. The van der Waals surface area contributed by atoms with Crippen molar-refractivity contribution in [2.24, 2.45) is 5.92 Å². The molecule has 0 saturated carbocycles. The number of thioether (sulfide) groups is 1. The van der Waals surface area contributed by atoms with E-state index in [1.165, 1.54) is 0 Å². The predicted octanol–water partition coefficient (Wildman–Crippen LogP) is 1.89. The molecule has 1 saturated heterocycles. The summed E-state index contributed by atoms with van der Waals surface area (Å²) in [4.78, 5) is 26.5. The third kappa shape index (κ3) is 3.88. The Morgan fingerprint density at radius 3 is 2.58 bits per heavy atom. The zero-order valence-corrected chi connectivity index (χ0v) is 13.3. The Bertz CT molecular complexity index is 323. The van der Waals surface area contributed by atoms with Crippen LogP contribution in [-0.4, -0.2) is 47.4 Å². The van der Waals surface area contributed by atoms with Crippen molar-refractivity contribution in [3.63, 3.8) is 0 Å². The zero-order chi connectivity index (χ0) is 14.4. The number of rotatable bonds is 7. The number of carbonyl (C=O) groups is 2. The standard InChI is InChI=1S/C14H26N2O2S/c1-5-10(3)12-14(18)16(8-7-9-19-4)11(6-2)13(17)15-12/h10-12H,5-9H2,1-4H3,(H,15,17). The van der Waals surface area contributed by atoms with Crippen molar-refractivity contribution in [1.82, 2.24) is 10.2 Å². The van der Waals surface area contributed by atoms with E-state index in [0.717, 1.165) is 18.6 Å². The van der Waals surface area contributed by atoms with Crippen LogP contribution in [0.5, 0.6) is 0 Å². The highest BCUT2D eigenvalue weighted by Gasteiger charge is 2.40. The van der Waals surface area contributed by atoms with E-state index in [1.807, 2.05) is 20.8 Å². The van der Waals surface area contributed by atoms with E-state index >= 15 is 0 Å². The molecule has 3 atom stereocenters. The third-order valence-corrected chi connectivity index (χ3v) is 4.57. The van der Waals surface area contributed by atoms with E-state index in [1.54, 1.807) is 16.7 Å². The summed E-state index contributed by atoms with van der Waals surface area (Å²) in [5.41, 5.74) is 0. The number of nitrogens with one attached hydrogen (secondary N) is 1. The van der Waals surface area contributed by atoms with E-state index in [-0.39, 0.29) is 29.8 Å². The molecule has 110 valence electrons. The van der Waals surface area contributed by atoms with Gasteiger partial charge in [0.15, 0.2) is 0 Å². The van der Waals surface area contributed by atoms with E-state index in [2.05, 4.69) is 11.6 Å². The fourth-order valence-corrected chi connectivity index (χ4v) is 2.88. The Hall–Kier alpha value is -0.710. The molecule has 5 heteroatoms. The summed E-state index contributed by atoms with van der Waals surface area (Å²) in [6.45, 7) is 6.73. The van der Waals surface area contributed by atoms with Gasteiger partial charge in [0.05, 0.1) is 0 Å². The van der Waals surface area contributed by atoms with Gasteiger partial charge in [0.1, 0.15) is 12.1 Å². The molecular weight excluding hydrogens is 260 g/mol. The maximum Gasteiger partial charge on any atom is 0.246 e. The number of hydrogen-bond acceptors (Lipinski definition) is 3. The normalized spacial score (nSPS) is 25.4. The van der Waals surface area contributed by atoms with Gasteiger partial charge in [-0.15, -0.1) is 0 Å². The van der Waals surface area contributed by atoms with E-state index in [9.17, 15) is 9.59 Å². The Kier molecular flexibility index (Phi) is 6.69. The van der Waals surface area contributed by atoms with E-state index in [0.29, 0.717) is 13.0 Å². The van der Waals surface area contributed by atoms with Gasteiger partial charge in [-0.05, 0) is 30.8 Å². The molecule has 2 amide bonds. The van der Waals surface area contributed by atoms with Crippen molar-refractivity contribution >= 4 is 23.6 Å². The highest BCUT2D eigenvalue weighted by Crippen LogP contribution is 2.20. The fraction of sp³-hybridized carbons (Fsp3) is 0.857. The van der Waals surface area contributed by atoms with Crippen molar-refractivity contribution in [1.29, 1.82) is 0 Å². The van der Waals surface area contributed by atoms with Gasteiger partial charge >= 0.3 is 0 Å². The number of piperazine rings is 1. The molecule has 0 spiro atoms. The van der Waals surface area contributed by atoms with Crippen LogP contribution in [0.1, 0.15) is 40.0 Å². The Balaban J connectivity index is 2.80. The first-order valence-corrected chi connectivity index (χ1v) is 8.55. The van der Waals surface area contributed by atoms with Gasteiger partial charge in [-0.25, -0.2) is 0 Å². The lowest BCUT2D eigenvalue weighted by molar-refractivity contribution is -0.151. The van der Waals surface area contributed by atoms with Crippen LogP contribution >= 0.6 is 11.8 Å². The lowest BCUT2D eigenvalue weighted by Gasteiger charge is -2.40. The van der Waals surface area contributed by atoms with Crippen LogP contribution in [0.4, 0.5) is 0 Å². The van der Waals surface area contributed by atoms with E-state index in [4.69, 9.17) is 0 Å². The topological polar surface area (TPSA) is 49.4 Å². The van der Waals surface area contributed by atoms with Gasteiger partial charge in [0, 0.05) is 6.54 Å². The summed E-state index contributed by atoms with van der Waals surface area (Å²) in [5.74, 6) is 1.33. The van der Waals surface area contributed by atoms with Crippen molar-refractivity contribution < 1.29 is 9.59 Å². The quantitative estimate of drug-likeness (QED) is 0.727. The third-order valence-electron chi connectivity index (χ3n) is 3.87. The van der Waals surface area contributed by atoms with Crippen LogP contribution < -0.4 is 5.32 Å².